The van der Waals surface area contributed by atoms with Crippen LogP contribution in [0.4, 0.5) is 0 Å². The third-order valence-corrected chi connectivity index (χ3v) is 5.77. The van der Waals surface area contributed by atoms with Gasteiger partial charge in [-0.2, -0.15) is 0 Å². The van der Waals surface area contributed by atoms with E-state index >= 15 is 0 Å². The summed E-state index contributed by atoms with van der Waals surface area (Å²) in [5.41, 5.74) is 2.25. The van der Waals surface area contributed by atoms with Gasteiger partial charge in [0, 0.05) is 40.8 Å². The Morgan fingerprint density at radius 3 is 2.87 bits per heavy atom. The first-order chi connectivity index (χ1) is 10.8. The van der Waals surface area contributed by atoms with E-state index in [0.717, 1.165) is 21.6 Å². The molecule has 2 aromatic heterocycles. The van der Waals surface area contributed by atoms with Gasteiger partial charge < -0.3 is 5.32 Å². The van der Waals surface area contributed by atoms with E-state index in [-0.39, 0.29) is 18.3 Å². The van der Waals surface area contributed by atoms with Crippen LogP contribution in [-0.4, -0.2) is 28.8 Å². The molecule has 0 spiro atoms. The van der Waals surface area contributed by atoms with E-state index < -0.39 is 5.54 Å². The summed E-state index contributed by atoms with van der Waals surface area (Å²) in [6, 6.07) is 2.03. The zero-order chi connectivity index (χ0) is 16.8. The molecular formula is C16H17ClN4OS. The maximum atomic E-state index is 12.1. The van der Waals surface area contributed by atoms with Gasteiger partial charge in [0.15, 0.2) is 5.96 Å². The van der Waals surface area contributed by atoms with Gasteiger partial charge in [0.05, 0.1) is 17.0 Å². The molecule has 1 fully saturated rings. The van der Waals surface area contributed by atoms with Gasteiger partial charge in [-0.25, -0.2) is 0 Å². The lowest BCUT2D eigenvalue weighted by Crippen LogP contribution is -2.57. The van der Waals surface area contributed by atoms with E-state index in [1.165, 1.54) is 16.2 Å². The molecule has 2 N–H and O–H groups in total. The van der Waals surface area contributed by atoms with Crippen molar-refractivity contribution in [2.75, 3.05) is 7.05 Å². The summed E-state index contributed by atoms with van der Waals surface area (Å²) in [5, 5.41) is 13.6. The second kappa shape index (κ2) is 5.62. The predicted molar refractivity (Wildman–Crippen MR) is 92.9 cm³/mol. The lowest BCUT2D eigenvalue weighted by molar-refractivity contribution is -0.129. The Morgan fingerprint density at radius 2 is 2.22 bits per heavy atom. The van der Waals surface area contributed by atoms with Gasteiger partial charge >= 0.3 is 0 Å². The number of hydrogen-bond acceptors (Lipinski definition) is 4. The largest absolute Gasteiger partial charge is 0.345 e. The SMILES string of the molecule is Cc1cncc(-c2csc([C@]3(C)CC(=O)N(C)C(=N)N3)c2Cl)c1. The van der Waals surface area contributed by atoms with Crippen molar-refractivity contribution in [3.8, 4) is 11.1 Å². The summed E-state index contributed by atoms with van der Waals surface area (Å²) in [6.07, 6.45) is 3.84. The molecular weight excluding hydrogens is 332 g/mol. The van der Waals surface area contributed by atoms with Crippen LogP contribution in [-0.2, 0) is 10.3 Å². The number of nitrogens with zero attached hydrogens (tertiary/aromatic N) is 2. The summed E-state index contributed by atoms with van der Waals surface area (Å²) in [6.45, 7) is 3.89. The number of amides is 1. The van der Waals surface area contributed by atoms with E-state index in [2.05, 4.69) is 10.3 Å². The summed E-state index contributed by atoms with van der Waals surface area (Å²) >= 11 is 8.11. The number of carbonyl (C=O) groups is 1. The number of guanidine groups is 1. The van der Waals surface area contributed by atoms with Crippen molar-refractivity contribution in [1.29, 1.82) is 5.41 Å². The van der Waals surface area contributed by atoms with Crippen LogP contribution >= 0.6 is 22.9 Å². The molecule has 1 atom stereocenters. The van der Waals surface area contributed by atoms with Crippen molar-refractivity contribution in [2.45, 2.75) is 25.8 Å². The number of rotatable bonds is 2. The molecule has 0 aromatic carbocycles. The molecule has 0 aliphatic carbocycles. The maximum absolute atomic E-state index is 12.1. The number of carbonyl (C=O) groups excluding carboxylic acids is 1. The Labute approximate surface area is 143 Å². The van der Waals surface area contributed by atoms with Crippen molar-refractivity contribution >= 4 is 34.8 Å². The maximum Gasteiger partial charge on any atom is 0.231 e. The number of thiophene rings is 1. The molecule has 1 saturated heterocycles. The van der Waals surface area contributed by atoms with Crippen molar-refractivity contribution in [3.05, 3.63) is 39.3 Å². The first kappa shape index (κ1) is 16.0. The van der Waals surface area contributed by atoms with Crippen LogP contribution < -0.4 is 5.32 Å². The highest BCUT2D eigenvalue weighted by atomic mass is 35.5. The van der Waals surface area contributed by atoms with E-state index in [1.54, 1.807) is 19.4 Å². The van der Waals surface area contributed by atoms with Gasteiger partial charge in [0.25, 0.3) is 0 Å². The quantitative estimate of drug-likeness (QED) is 0.874. The number of halogens is 1. The lowest BCUT2D eigenvalue weighted by atomic mass is 9.92. The lowest BCUT2D eigenvalue weighted by Gasteiger charge is -2.38. The smallest absolute Gasteiger partial charge is 0.231 e. The fraction of sp³-hybridized carbons (Fsp3) is 0.312. The average Bonchev–Trinajstić information content (AvgIpc) is 2.87. The van der Waals surface area contributed by atoms with E-state index in [0.29, 0.717) is 5.02 Å². The number of nitrogens with one attached hydrogen (secondary N) is 2. The first-order valence-electron chi connectivity index (χ1n) is 7.14. The molecule has 3 rings (SSSR count). The van der Waals surface area contributed by atoms with Crippen LogP contribution in [0, 0.1) is 12.3 Å². The Hall–Kier alpha value is -1.92. The van der Waals surface area contributed by atoms with Crippen molar-refractivity contribution in [1.82, 2.24) is 15.2 Å². The van der Waals surface area contributed by atoms with E-state index in [1.807, 2.05) is 25.3 Å². The molecule has 1 aliphatic rings. The van der Waals surface area contributed by atoms with Gasteiger partial charge in [-0.15, -0.1) is 11.3 Å². The van der Waals surface area contributed by atoms with Crippen LogP contribution in [0.1, 0.15) is 23.8 Å². The van der Waals surface area contributed by atoms with Gasteiger partial charge in [-0.3, -0.25) is 20.1 Å². The third-order valence-electron chi connectivity index (χ3n) is 4.03. The minimum absolute atomic E-state index is 0.0898. The number of aryl methyl sites for hydroxylation is 1. The molecule has 23 heavy (non-hydrogen) atoms. The van der Waals surface area contributed by atoms with Crippen LogP contribution in [0.5, 0.6) is 0 Å². The molecule has 0 radical (unpaired) electrons. The Morgan fingerprint density at radius 1 is 1.48 bits per heavy atom. The highest BCUT2D eigenvalue weighted by Gasteiger charge is 2.40. The van der Waals surface area contributed by atoms with Crippen molar-refractivity contribution in [3.63, 3.8) is 0 Å². The van der Waals surface area contributed by atoms with Gasteiger partial charge in [-0.1, -0.05) is 11.6 Å². The average molecular weight is 349 g/mol. The van der Waals surface area contributed by atoms with Crippen LogP contribution in [0.15, 0.2) is 23.8 Å². The summed E-state index contributed by atoms with van der Waals surface area (Å²) in [7, 11) is 1.59. The Kier molecular flexibility index (Phi) is 3.90. The second-order valence-electron chi connectivity index (χ2n) is 5.98. The first-order valence-corrected chi connectivity index (χ1v) is 8.40. The number of hydrogen-bond donors (Lipinski definition) is 2. The minimum Gasteiger partial charge on any atom is -0.345 e. The van der Waals surface area contributed by atoms with Gasteiger partial charge in [-0.05, 0) is 25.5 Å². The molecule has 7 heteroatoms. The molecule has 1 aliphatic heterocycles. The highest BCUT2D eigenvalue weighted by Crippen LogP contribution is 2.43. The van der Waals surface area contributed by atoms with Crippen LogP contribution in [0.2, 0.25) is 5.02 Å². The normalized spacial score (nSPS) is 21.5. The van der Waals surface area contributed by atoms with Crippen LogP contribution in [0.3, 0.4) is 0 Å². The zero-order valence-corrected chi connectivity index (χ0v) is 14.7. The van der Waals surface area contributed by atoms with E-state index in [4.69, 9.17) is 17.0 Å². The van der Waals surface area contributed by atoms with Gasteiger partial charge in [0.2, 0.25) is 5.91 Å². The fourth-order valence-electron chi connectivity index (χ4n) is 2.69. The van der Waals surface area contributed by atoms with Crippen molar-refractivity contribution < 1.29 is 4.79 Å². The highest BCUT2D eigenvalue weighted by molar-refractivity contribution is 7.11. The Balaban J connectivity index is 2.02. The Bertz CT molecular complexity index is 783. The topological polar surface area (TPSA) is 69.1 Å². The monoisotopic (exact) mass is 348 g/mol. The second-order valence-corrected chi connectivity index (χ2v) is 7.24. The molecule has 0 unspecified atom stereocenters. The fourth-order valence-corrected chi connectivity index (χ4v) is 4.34. The standard InChI is InChI=1S/C16H17ClN4OS/c1-9-4-10(7-19-6-9)11-8-23-14(13(11)17)16(2)5-12(22)21(3)15(18)20-16/h4,6-8H,5H2,1-3H3,(H2,18,20)/t16-/m0/s1. The molecule has 3 heterocycles. The molecule has 2 aromatic rings. The predicted octanol–water partition coefficient (Wildman–Crippen LogP) is 3.37. The molecule has 0 saturated carbocycles. The van der Waals surface area contributed by atoms with E-state index in [9.17, 15) is 4.79 Å². The summed E-state index contributed by atoms with van der Waals surface area (Å²) < 4.78 is 0. The zero-order valence-electron chi connectivity index (χ0n) is 13.1. The van der Waals surface area contributed by atoms with Crippen LogP contribution in [0.25, 0.3) is 11.1 Å². The molecule has 5 nitrogen and oxygen atoms in total. The molecule has 1 amide bonds. The van der Waals surface area contributed by atoms with Gasteiger partial charge in [0.1, 0.15) is 0 Å². The number of pyridine rings is 1. The third kappa shape index (κ3) is 2.72. The summed E-state index contributed by atoms with van der Waals surface area (Å²) in [5.74, 6) is -0.00789. The minimum atomic E-state index is -0.669. The number of aromatic nitrogens is 1. The summed E-state index contributed by atoms with van der Waals surface area (Å²) in [4.78, 5) is 18.5. The van der Waals surface area contributed by atoms with Crippen molar-refractivity contribution in [2.24, 2.45) is 0 Å². The molecule has 0 bridgehead atoms. The molecule has 120 valence electrons.